The number of hydrogen-bond acceptors (Lipinski definition) is 4. The van der Waals surface area contributed by atoms with Crippen molar-refractivity contribution in [3.63, 3.8) is 0 Å². The smallest absolute Gasteiger partial charge is 0.163 e. The molecule has 2 aromatic carbocycles. The van der Waals surface area contributed by atoms with Gasteiger partial charge in [-0.2, -0.15) is 0 Å². The molecule has 0 amide bonds. The lowest BCUT2D eigenvalue weighted by Crippen LogP contribution is -2.12. The molecule has 118 valence electrons. The van der Waals surface area contributed by atoms with Crippen molar-refractivity contribution in [1.29, 1.82) is 0 Å². The van der Waals surface area contributed by atoms with Crippen LogP contribution in [0, 0.1) is 0 Å². The number of aromatic hydroxyl groups is 1. The molecule has 2 aromatic rings. The van der Waals surface area contributed by atoms with Gasteiger partial charge in [0, 0.05) is 12.0 Å². The minimum Gasteiger partial charge on any atom is -0.504 e. The fourth-order valence-corrected chi connectivity index (χ4v) is 2.81. The topological polar surface area (TPSA) is 55.8 Å². The van der Waals surface area contributed by atoms with Gasteiger partial charge in [0.2, 0.25) is 0 Å². The molecule has 0 radical (unpaired) electrons. The van der Waals surface area contributed by atoms with E-state index >= 15 is 0 Å². The molecule has 0 bridgehead atoms. The summed E-state index contributed by atoms with van der Waals surface area (Å²) in [6.45, 7) is 0. The summed E-state index contributed by atoms with van der Waals surface area (Å²) < 4.78 is 10.4. The normalized spacial score (nSPS) is 15.4. The summed E-state index contributed by atoms with van der Waals surface area (Å²) >= 11 is 0. The van der Waals surface area contributed by atoms with Crippen LogP contribution in [0.15, 0.2) is 36.4 Å². The largest absolute Gasteiger partial charge is 0.504 e. The molecule has 0 saturated carbocycles. The number of fused-ring (bicyclic) bond motifs is 1. The van der Waals surface area contributed by atoms with Gasteiger partial charge in [-0.3, -0.25) is 4.79 Å². The van der Waals surface area contributed by atoms with E-state index in [1.54, 1.807) is 25.3 Å². The first kappa shape index (κ1) is 15.2. The molecule has 0 unspecified atom stereocenters. The summed E-state index contributed by atoms with van der Waals surface area (Å²) in [4.78, 5) is 12.4. The Bertz CT molecular complexity index is 790. The van der Waals surface area contributed by atoms with E-state index < -0.39 is 0 Å². The lowest BCUT2D eigenvalue weighted by Gasteiger charge is -2.19. The van der Waals surface area contributed by atoms with Crippen LogP contribution >= 0.6 is 0 Å². The summed E-state index contributed by atoms with van der Waals surface area (Å²) in [7, 11) is 3.13. The Hall–Kier alpha value is -2.75. The number of phenolic OH excluding ortho intramolecular Hbond substituents is 1. The lowest BCUT2D eigenvalue weighted by molar-refractivity contribution is -0.113. The summed E-state index contributed by atoms with van der Waals surface area (Å²) in [6.07, 6.45) is 3.05. The van der Waals surface area contributed by atoms with Gasteiger partial charge in [-0.15, -0.1) is 0 Å². The van der Waals surface area contributed by atoms with Crippen LogP contribution in [-0.4, -0.2) is 25.1 Å². The zero-order valence-electron chi connectivity index (χ0n) is 13.1. The van der Waals surface area contributed by atoms with Crippen LogP contribution < -0.4 is 9.47 Å². The summed E-state index contributed by atoms with van der Waals surface area (Å²) in [6, 6.07) is 10.8. The van der Waals surface area contributed by atoms with Crippen molar-refractivity contribution in [3.8, 4) is 17.2 Å². The van der Waals surface area contributed by atoms with Crippen LogP contribution in [0.3, 0.4) is 0 Å². The van der Waals surface area contributed by atoms with E-state index in [-0.39, 0.29) is 11.5 Å². The number of aryl methyl sites for hydroxylation is 1. The number of benzene rings is 2. The second-order valence-electron chi connectivity index (χ2n) is 5.44. The second-order valence-corrected chi connectivity index (χ2v) is 5.44. The van der Waals surface area contributed by atoms with Gasteiger partial charge >= 0.3 is 0 Å². The molecule has 0 atom stereocenters. The molecular formula is C19H18O4. The highest BCUT2D eigenvalue weighted by Gasteiger charge is 2.22. The number of carbonyl (C=O) groups is 1. The zero-order chi connectivity index (χ0) is 16.4. The molecule has 0 aliphatic heterocycles. The van der Waals surface area contributed by atoms with Crippen molar-refractivity contribution in [1.82, 2.24) is 0 Å². The highest BCUT2D eigenvalue weighted by Crippen LogP contribution is 2.34. The predicted molar refractivity (Wildman–Crippen MR) is 88.9 cm³/mol. The summed E-state index contributed by atoms with van der Waals surface area (Å²) in [5.41, 5.74) is 3.54. The van der Waals surface area contributed by atoms with Crippen LogP contribution in [0.2, 0.25) is 0 Å². The first-order chi connectivity index (χ1) is 11.1. The van der Waals surface area contributed by atoms with Crippen molar-refractivity contribution in [2.75, 3.05) is 14.2 Å². The number of Topliss-reactive ketones (excluding diaryl/α,β-unsaturated/α-hetero) is 1. The number of ether oxygens (including phenoxy) is 2. The Morgan fingerprint density at radius 2 is 1.87 bits per heavy atom. The van der Waals surface area contributed by atoms with Crippen molar-refractivity contribution in [2.24, 2.45) is 0 Å². The molecule has 1 N–H and O–H groups in total. The third kappa shape index (κ3) is 2.93. The number of phenols is 1. The van der Waals surface area contributed by atoms with Crippen molar-refractivity contribution in [2.45, 2.75) is 12.8 Å². The van der Waals surface area contributed by atoms with Crippen LogP contribution in [0.1, 0.15) is 23.1 Å². The standard InChI is InChI=1S/C19H18O4/c1-22-14-5-6-15-13(11-14)4-8-17(20)16(15)9-12-3-7-18(21)19(10-12)23-2/h3,5-7,9-11,21H,4,8H2,1-2H3/b16-9+. The number of allylic oxidation sites excluding steroid dienone is 1. The number of rotatable bonds is 3. The molecular weight excluding hydrogens is 292 g/mol. The zero-order valence-corrected chi connectivity index (χ0v) is 13.1. The molecule has 1 aliphatic carbocycles. The quantitative estimate of drug-likeness (QED) is 0.882. The van der Waals surface area contributed by atoms with Gasteiger partial charge in [-0.1, -0.05) is 12.1 Å². The van der Waals surface area contributed by atoms with E-state index in [0.29, 0.717) is 17.7 Å². The Kier molecular flexibility index (Phi) is 4.06. The maximum atomic E-state index is 12.4. The highest BCUT2D eigenvalue weighted by atomic mass is 16.5. The minimum absolute atomic E-state index is 0.0785. The molecule has 4 heteroatoms. The molecule has 4 nitrogen and oxygen atoms in total. The third-order valence-corrected chi connectivity index (χ3v) is 4.04. The fraction of sp³-hybridized carbons (Fsp3) is 0.211. The Morgan fingerprint density at radius 1 is 1.04 bits per heavy atom. The average molecular weight is 310 g/mol. The maximum absolute atomic E-state index is 12.4. The van der Waals surface area contributed by atoms with E-state index in [4.69, 9.17) is 9.47 Å². The van der Waals surface area contributed by atoms with E-state index in [1.165, 1.54) is 7.11 Å². The molecule has 0 heterocycles. The van der Waals surface area contributed by atoms with Gasteiger partial charge < -0.3 is 14.6 Å². The number of carbonyl (C=O) groups excluding carboxylic acids is 1. The minimum atomic E-state index is 0.0785. The number of hydrogen-bond donors (Lipinski definition) is 1. The molecule has 0 aromatic heterocycles. The monoisotopic (exact) mass is 310 g/mol. The lowest BCUT2D eigenvalue weighted by atomic mass is 9.85. The molecule has 3 rings (SSSR count). The van der Waals surface area contributed by atoms with Crippen molar-refractivity contribution >= 4 is 17.4 Å². The highest BCUT2D eigenvalue weighted by molar-refractivity contribution is 6.26. The predicted octanol–water partition coefficient (Wildman–Crippen LogP) is 3.47. The first-order valence-electron chi connectivity index (χ1n) is 7.41. The SMILES string of the molecule is COc1ccc2c(c1)CCC(=O)/C2=C/c1ccc(O)c(OC)c1. The third-order valence-electron chi connectivity index (χ3n) is 4.04. The van der Waals surface area contributed by atoms with E-state index in [0.717, 1.165) is 28.9 Å². The van der Waals surface area contributed by atoms with Gasteiger partial charge in [-0.25, -0.2) is 0 Å². The molecule has 23 heavy (non-hydrogen) atoms. The van der Waals surface area contributed by atoms with Gasteiger partial charge in [0.1, 0.15) is 5.75 Å². The van der Waals surface area contributed by atoms with Crippen molar-refractivity contribution in [3.05, 3.63) is 53.1 Å². The van der Waals surface area contributed by atoms with Gasteiger partial charge in [-0.05, 0) is 53.5 Å². The van der Waals surface area contributed by atoms with E-state index in [9.17, 15) is 9.90 Å². The first-order valence-corrected chi connectivity index (χ1v) is 7.41. The Balaban J connectivity index is 2.07. The second kappa shape index (κ2) is 6.16. The summed E-state index contributed by atoms with van der Waals surface area (Å²) in [5, 5.41) is 9.68. The van der Waals surface area contributed by atoms with Crippen LogP contribution in [0.5, 0.6) is 17.2 Å². The average Bonchev–Trinajstić information content (AvgIpc) is 2.58. The van der Waals surface area contributed by atoms with Crippen molar-refractivity contribution < 1.29 is 19.4 Å². The van der Waals surface area contributed by atoms with Gasteiger partial charge in [0.15, 0.2) is 17.3 Å². The van der Waals surface area contributed by atoms with Gasteiger partial charge in [0.05, 0.1) is 14.2 Å². The molecule has 0 fully saturated rings. The maximum Gasteiger partial charge on any atom is 0.163 e. The molecule has 0 saturated heterocycles. The van der Waals surface area contributed by atoms with Gasteiger partial charge in [0.25, 0.3) is 0 Å². The molecule has 0 spiro atoms. The number of ketones is 1. The fourth-order valence-electron chi connectivity index (χ4n) is 2.81. The van der Waals surface area contributed by atoms with Crippen LogP contribution in [0.25, 0.3) is 11.6 Å². The summed E-state index contributed by atoms with van der Waals surface area (Å²) in [5.74, 6) is 1.38. The Labute approximate surface area is 135 Å². The Morgan fingerprint density at radius 3 is 2.61 bits per heavy atom. The van der Waals surface area contributed by atoms with Crippen LogP contribution in [-0.2, 0) is 11.2 Å². The van der Waals surface area contributed by atoms with E-state index in [1.807, 2.05) is 24.3 Å². The van der Waals surface area contributed by atoms with E-state index in [2.05, 4.69) is 0 Å². The number of methoxy groups -OCH3 is 2. The molecule has 1 aliphatic rings. The van der Waals surface area contributed by atoms with Crippen LogP contribution in [0.4, 0.5) is 0 Å².